The minimum Gasteiger partial charge on any atom is -0.481 e. The van der Waals surface area contributed by atoms with Gasteiger partial charge < -0.3 is 62.5 Å². The maximum Gasteiger partial charge on any atom is 0.326 e. The van der Waals surface area contributed by atoms with Crippen molar-refractivity contribution >= 4 is 92.8 Å². The van der Waals surface area contributed by atoms with Crippen LogP contribution in [-0.4, -0.2) is 163 Å². The highest BCUT2D eigenvalue weighted by atomic mass is 32.2. The Bertz CT molecular complexity index is 3100. The van der Waals surface area contributed by atoms with Crippen LogP contribution in [0, 0.1) is 17.8 Å². The first-order chi connectivity index (χ1) is 40.5. The molecule has 12 N–H and O–H groups in total. The number of hydrogen-bond acceptors (Lipinski definition) is 12. The van der Waals surface area contributed by atoms with Gasteiger partial charge >= 0.3 is 17.9 Å². The van der Waals surface area contributed by atoms with Gasteiger partial charge in [-0.3, -0.25) is 48.1 Å². The van der Waals surface area contributed by atoms with Gasteiger partial charge in [-0.1, -0.05) is 128 Å². The first-order valence-corrected chi connectivity index (χ1v) is 29.9. The maximum absolute atomic E-state index is 14.8. The van der Waals surface area contributed by atoms with Crippen molar-refractivity contribution in [1.29, 1.82) is 0 Å². The number of aliphatic carboxylic acids is 3. The predicted octanol–water partition coefficient (Wildman–Crippen LogP) is 3.91. The first kappa shape index (κ1) is 67.5. The smallest absolute Gasteiger partial charge is 0.326 e. The predicted molar refractivity (Wildman–Crippen MR) is 323 cm³/mol. The highest BCUT2D eigenvalue weighted by Gasteiger charge is 2.38. The SMILES string of the molecule is CCSCCN(CC(=O)O)CC(=O)N[C@@H](Cc1ccccc1)C(=O)N[C@H](Cc1c[nH]c2ccccc12)C(=O)N[C@@H](CC(C)C)C(=O)N[C@@H](CC(=O)O)C(=O)N[C@H](C(=O)N[C@H](C(=O)N[C@@H](Cc1c[nH]c2ccccc12)C(=O)O)[C@@H](C)CC)[C@@H](C)CC. The number of nitrogens with one attached hydrogen (secondary N) is 9. The van der Waals surface area contributed by atoms with Crippen molar-refractivity contribution in [1.82, 2.24) is 52.1 Å². The highest BCUT2D eigenvalue weighted by molar-refractivity contribution is 7.99. The molecule has 0 aliphatic rings. The minimum absolute atomic E-state index is 0.0243. The van der Waals surface area contributed by atoms with E-state index in [0.29, 0.717) is 35.3 Å². The Hall–Kier alpha value is -8.25. The zero-order valence-corrected chi connectivity index (χ0v) is 50.0. The molecule has 0 unspecified atom stereocenters. The summed E-state index contributed by atoms with van der Waals surface area (Å²) in [5.74, 6) is -9.92. The number of para-hydroxylation sites is 2. The van der Waals surface area contributed by atoms with E-state index in [9.17, 15) is 63.3 Å². The quantitative estimate of drug-likeness (QED) is 0.0253. The summed E-state index contributed by atoms with van der Waals surface area (Å²) in [6, 6.07) is 13.4. The molecule has 0 aliphatic carbocycles. The van der Waals surface area contributed by atoms with Gasteiger partial charge in [0.15, 0.2) is 0 Å². The van der Waals surface area contributed by atoms with Gasteiger partial charge in [0.2, 0.25) is 41.4 Å². The van der Waals surface area contributed by atoms with Gasteiger partial charge in [0, 0.05) is 65.8 Å². The third kappa shape index (κ3) is 20.8. The number of benzene rings is 3. The molecule has 24 heteroatoms. The average molecular weight is 1200 g/mol. The summed E-state index contributed by atoms with van der Waals surface area (Å²) in [6.07, 6.45) is 2.80. The second-order valence-electron chi connectivity index (χ2n) is 21.8. The van der Waals surface area contributed by atoms with Crippen molar-refractivity contribution in [3.63, 3.8) is 0 Å². The Kier molecular flexibility index (Phi) is 26.5. The van der Waals surface area contributed by atoms with E-state index in [1.54, 1.807) is 108 Å². The number of aromatic nitrogens is 2. The summed E-state index contributed by atoms with van der Waals surface area (Å²) in [6.45, 7) is 11.9. The van der Waals surface area contributed by atoms with Crippen LogP contribution in [0.15, 0.2) is 91.3 Å². The van der Waals surface area contributed by atoms with Gasteiger partial charge in [-0.15, -0.1) is 0 Å². The molecule has 5 aromatic rings. The van der Waals surface area contributed by atoms with Crippen LogP contribution in [0.4, 0.5) is 0 Å². The molecule has 2 aromatic heterocycles. The van der Waals surface area contributed by atoms with Crippen molar-refractivity contribution < 1.29 is 63.3 Å². The van der Waals surface area contributed by atoms with Gasteiger partial charge in [0.1, 0.15) is 42.3 Å². The second kappa shape index (κ2) is 33.3. The van der Waals surface area contributed by atoms with Crippen molar-refractivity contribution in [2.24, 2.45) is 17.8 Å². The minimum atomic E-state index is -1.81. The number of carbonyl (C=O) groups excluding carboxylic acids is 7. The fourth-order valence-electron chi connectivity index (χ4n) is 9.76. The number of amides is 7. The molecule has 0 saturated heterocycles. The van der Waals surface area contributed by atoms with Crippen molar-refractivity contribution in [2.75, 3.05) is 31.1 Å². The average Bonchev–Trinajstić information content (AvgIpc) is 4.31. The molecule has 0 fully saturated rings. The Morgan fingerprint density at radius 3 is 1.48 bits per heavy atom. The van der Waals surface area contributed by atoms with Gasteiger partial charge in [0.05, 0.1) is 19.5 Å². The summed E-state index contributed by atoms with van der Waals surface area (Å²) in [5.41, 5.74) is 3.43. The Morgan fingerprint density at radius 2 is 0.965 bits per heavy atom. The van der Waals surface area contributed by atoms with Gasteiger partial charge in [-0.25, -0.2) is 4.79 Å². The number of aromatic amines is 2. The second-order valence-corrected chi connectivity index (χ2v) is 23.2. The van der Waals surface area contributed by atoms with Crippen LogP contribution in [0.2, 0.25) is 0 Å². The highest BCUT2D eigenvalue weighted by Crippen LogP contribution is 2.22. The molecule has 7 amide bonds. The fourth-order valence-corrected chi connectivity index (χ4v) is 10.4. The monoisotopic (exact) mass is 1190 g/mol. The van der Waals surface area contributed by atoms with Crippen LogP contribution < -0.4 is 37.2 Å². The third-order valence-corrected chi connectivity index (χ3v) is 15.7. The molecule has 0 radical (unpaired) electrons. The van der Waals surface area contributed by atoms with E-state index >= 15 is 0 Å². The van der Waals surface area contributed by atoms with Crippen LogP contribution in [0.1, 0.15) is 90.8 Å². The standard InChI is InChI=1S/C61H82N10O13S/c1-8-36(6)53(59(81)68-49(61(83)84)29-40-32-63-44-23-17-15-21-42(40)44)70-60(82)54(37(7)9-2)69-58(80)48(30-51(73)74)67-55(77)45(26-35(4)5)65-57(79)47(28-39-31-62-43-22-16-14-20-41(39)43)66-56(78)46(27-38-18-12-11-13-19-38)64-50(72)33-71(34-52(75)76)24-25-85-10-3/h11-23,31-32,35-37,45-49,53-54,62-63H,8-10,24-30,33-34H2,1-7H3,(H,64,72)(H,65,79)(H,66,78)(H,67,77)(H,68,81)(H,69,80)(H,70,82)(H,73,74)(H,75,76)(H,83,84)/t36-,37-,45-,46-,47+,48-,49-,53-,54-/m0/s1. The molecule has 0 aliphatic heterocycles. The molecule has 3 aromatic carbocycles. The Morgan fingerprint density at radius 1 is 0.506 bits per heavy atom. The van der Waals surface area contributed by atoms with E-state index in [0.717, 1.165) is 27.6 Å². The molecule has 0 bridgehead atoms. The van der Waals surface area contributed by atoms with E-state index in [1.165, 1.54) is 4.90 Å². The van der Waals surface area contributed by atoms with Gasteiger partial charge in [-0.05, 0) is 58.8 Å². The number of thioether (sulfide) groups is 1. The first-order valence-electron chi connectivity index (χ1n) is 28.7. The summed E-state index contributed by atoms with van der Waals surface area (Å²) < 4.78 is 0. The van der Waals surface area contributed by atoms with E-state index in [-0.39, 0.29) is 44.7 Å². The lowest BCUT2D eigenvalue weighted by molar-refractivity contribution is -0.143. The molecule has 5 rings (SSSR count). The molecule has 85 heavy (non-hydrogen) atoms. The topological polar surface area (TPSA) is 350 Å². The summed E-state index contributed by atoms with van der Waals surface area (Å²) >= 11 is 1.57. The van der Waals surface area contributed by atoms with E-state index < -0.39 is 126 Å². The van der Waals surface area contributed by atoms with E-state index in [2.05, 4.69) is 47.2 Å². The lowest BCUT2D eigenvalue weighted by Crippen LogP contribution is -2.62. The van der Waals surface area contributed by atoms with Crippen LogP contribution in [0.3, 0.4) is 0 Å². The Balaban J connectivity index is 1.38. The lowest BCUT2D eigenvalue weighted by Gasteiger charge is -2.31. The van der Waals surface area contributed by atoms with E-state index in [4.69, 9.17) is 0 Å². The molecule has 2 heterocycles. The molecule has 0 spiro atoms. The Labute approximate surface area is 498 Å². The van der Waals surface area contributed by atoms with Crippen molar-refractivity contribution in [3.8, 4) is 0 Å². The summed E-state index contributed by atoms with van der Waals surface area (Å²) in [4.78, 5) is 145. The molecule has 460 valence electrons. The largest absolute Gasteiger partial charge is 0.481 e. The number of fused-ring (bicyclic) bond motifs is 2. The lowest BCUT2D eigenvalue weighted by atomic mass is 9.94. The zero-order valence-electron chi connectivity index (χ0n) is 49.2. The van der Waals surface area contributed by atoms with Crippen LogP contribution in [-0.2, 0) is 67.2 Å². The summed E-state index contributed by atoms with van der Waals surface area (Å²) in [7, 11) is 0. The third-order valence-electron chi connectivity index (χ3n) is 14.8. The number of rotatable bonds is 36. The zero-order chi connectivity index (χ0) is 62.3. The molecular formula is C61H82N10O13S. The molecule has 0 saturated carbocycles. The number of hydrogen-bond donors (Lipinski definition) is 12. The van der Waals surface area contributed by atoms with Gasteiger partial charge in [0.25, 0.3) is 0 Å². The fraction of sp³-hybridized carbons (Fsp3) is 0.475. The number of H-pyrrole nitrogens is 2. The van der Waals surface area contributed by atoms with Crippen molar-refractivity contribution in [2.45, 2.75) is 136 Å². The summed E-state index contributed by atoms with van der Waals surface area (Å²) in [5, 5.41) is 50.1. The maximum atomic E-state index is 14.8. The normalized spacial score (nSPS) is 14.6. The van der Waals surface area contributed by atoms with Crippen LogP contribution in [0.5, 0.6) is 0 Å². The number of carbonyl (C=O) groups is 10. The van der Waals surface area contributed by atoms with Crippen molar-refractivity contribution in [3.05, 3.63) is 108 Å². The number of carboxylic acid groups (broad SMARTS) is 3. The number of carboxylic acids is 3. The van der Waals surface area contributed by atoms with Crippen LogP contribution in [0.25, 0.3) is 21.8 Å². The molecule has 9 atom stereocenters. The number of nitrogens with zero attached hydrogens (tertiary/aromatic N) is 1. The van der Waals surface area contributed by atoms with Crippen LogP contribution >= 0.6 is 11.8 Å². The van der Waals surface area contributed by atoms with E-state index in [1.807, 2.05) is 43.3 Å². The molecule has 23 nitrogen and oxygen atoms in total. The van der Waals surface area contributed by atoms with Gasteiger partial charge in [-0.2, -0.15) is 11.8 Å². The molecular weight excluding hydrogens is 1110 g/mol.